The molecule has 20 heavy (non-hydrogen) atoms. The average molecular weight is 292 g/mol. The summed E-state index contributed by atoms with van der Waals surface area (Å²) in [5.74, 6) is 0. The Morgan fingerprint density at radius 2 is 2.05 bits per heavy atom. The third kappa shape index (κ3) is 3.41. The van der Waals surface area contributed by atoms with E-state index in [1.807, 2.05) is 0 Å². The first kappa shape index (κ1) is 14.6. The van der Waals surface area contributed by atoms with Crippen LogP contribution in [0.5, 0.6) is 0 Å². The van der Waals surface area contributed by atoms with Crippen molar-refractivity contribution in [3.05, 3.63) is 59.4 Å². The predicted octanol–water partition coefficient (Wildman–Crippen LogP) is 1.36. The van der Waals surface area contributed by atoms with Gasteiger partial charge in [-0.05, 0) is 36.2 Å². The minimum Gasteiger partial charge on any atom is -0.392 e. The summed E-state index contributed by atoms with van der Waals surface area (Å²) in [6.45, 7) is 1.66. The Labute approximate surface area is 118 Å². The fourth-order valence-corrected chi connectivity index (χ4v) is 3.07. The van der Waals surface area contributed by atoms with Crippen molar-refractivity contribution in [3.8, 4) is 0 Å². The molecule has 2 N–H and O–H groups in total. The van der Waals surface area contributed by atoms with E-state index in [1.165, 1.54) is 6.07 Å². The Hall–Kier alpha value is -1.76. The first-order chi connectivity index (χ1) is 9.53. The Morgan fingerprint density at radius 3 is 2.70 bits per heavy atom. The Bertz CT molecular complexity index is 685. The summed E-state index contributed by atoms with van der Waals surface area (Å²) in [5, 5.41) is 9.10. The molecule has 0 saturated heterocycles. The number of aromatic nitrogens is 1. The molecule has 2 rings (SSSR count). The highest BCUT2D eigenvalue weighted by atomic mass is 32.2. The van der Waals surface area contributed by atoms with Crippen molar-refractivity contribution in [2.75, 3.05) is 0 Å². The molecule has 106 valence electrons. The van der Waals surface area contributed by atoms with E-state index in [-0.39, 0.29) is 18.0 Å². The van der Waals surface area contributed by atoms with Gasteiger partial charge < -0.3 is 5.11 Å². The smallest absolute Gasteiger partial charge is 0.241 e. The molecule has 2 aromatic rings. The lowest BCUT2D eigenvalue weighted by Gasteiger charge is -2.10. The molecule has 1 aromatic carbocycles. The van der Waals surface area contributed by atoms with Crippen molar-refractivity contribution in [3.63, 3.8) is 0 Å². The molecule has 0 saturated carbocycles. The lowest BCUT2D eigenvalue weighted by molar-refractivity contribution is 0.281. The molecule has 0 aliphatic rings. The number of hydrogen-bond donors (Lipinski definition) is 2. The summed E-state index contributed by atoms with van der Waals surface area (Å²) >= 11 is 0. The molecule has 1 aromatic heterocycles. The number of sulfonamides is 1. The number of aryl methyl sites for hydroxylation is 1. The van der Waals surface area contributed by atoms with Crippen LogP contribution in [0.15, 0.2) is 47.5 Å². The van der Waals surface area contributed by atoms with E-state index in [2.05, 4.69) is 9.71 Å². The molecule has 1 heterocycles. The fraction of sp³-hybridized carbons (Fsp3) is 0.214. The van der Waals surface area contributed by atoms with Crippen LogP contribution >= 0.6 is 0 Å². The fourth-order valence-electron chi connectivity index (χ4n) is 1.78. The third-order valence-corrected chi connectivity index (χ3v) is 4.44. The normalized spacial score (nSPS) is 11.5. The summed E-state index contributed by atoms with van der Waals surface area (Å²) in [6.07, 6.45) is 1.61. The van der Waals surface area contributed by atoms with E-state index in [0.717, 1.165) is 0 Å². The highest BCUT2D eigenvalue weighted by Crippen LogP contribution is 2.17. The number of aliphatic hydroxyl groups excluding tert-OH is 1. The van der Waals surface area contributed by atoms with E-state index in [4.69, 9.17) is 5.11 Å². The minimum absolute atomic E-state index is 0.131. The highest BCUT2D eigenvalue weighted by molar-refractivity contribution is 7.89. The molecule has 0 amide bonds. The van der Waals surface area contributed by atoms with Crippen LogP contribution in [0.4, 0.5) is 0 Å². The zero-order chi connectivity index (χ0) is 14.6. The summed E-state index contributed by atoms with van der Waals surface area (Å²) in [6, 6.07) is 10.2. The highest BCUT2D eigenvalue weighted by Gasteiger charge is 2.17. The van der Waals surface area contributed by atoms with Gasteiger partial charge in [-0.3, -0.25) is 4.98 Å². The topological polar surface area (TPSA) is 79.3 Å². The van der Waals surface area contributed by atoms with Gasteiger partial charge in [0.1, 0.15) is 0 Å². The number of rotatable bonds is 5. The van der Waals surface area contributed by atoms with Crippen LogP contribution in [0.1, 0.15) is 16.8 Å². The number of aliphatic hydroxyl groups is 1. The van der Waals surface area contributed by atoms with Crippen LogP contribution in [-0.4, -0.2) is 18.5 Å². The average Bonchev–Trinajstić information content (AvgIpc) is 2.47. The monoisotopic (exact) mass is 292 g/mol. The summed E-state index contributed by atoms with van der Waals surface area (Å²) in [4.78, 5) is 4.25. The molecule has 0 aliphatic carbocycles. The van der Waals surface area contributed by atoms with Gasteiger partial charge >= 0.3 is 0 Å². The maximum atomic E-state index is 12.3. The largest absolute Gasteiger partial charge is 0.392 e. The predicted molar refractivity (Wildman–Crippen MR) is 75.4 cm³/mol. The van der Waals surface area contributed by atoms with Gasteiger partial charge in [-0.1, -0.05) is 18.2 Å². The van der Waals surface area contributed by atoms with Crippen LogP contribution in [0.3, 0.4) is 0 Å². The van der Waals surface area contributed by atoms with Gasteiger partial charge in [0.05, 0.1) is 23.7 Å². The van der Waals surface area contributed by atoms with Gasteiger partial charge in [0.15, 0.2) is 0 Å². The van der Waals surface area contributed by atoms with E-state index in [9.17, 15) is 8.42 Å². The first-order valence-corrected chi connectivity index (χ1v) is 7.61. The quantitative estimate of drug-likeness (QED) is 0.872. The summed E-state index contributed by atoms with van der Waals surface area (Å²) in [7, 11) is -3.62. The lowest BCUT2D eigenvalue weighted by Crippen LogP contribution is -2.24. The van der Waals surface area contributed by atoms with Crippen molar-refractivity contribution in [2.24, 2.45) is 0 Å². The molecule has 6 heteroatoms. The van der Waals surface area contributed by atoms with E-state index < -0.39 is 10.0 Å². The second kappa shape index (κ2) is 6.13. The van der Waals surface area contributed by atoms with Crippen LogP contribution in [0.25, 0.3) is 0 Å². The molecule has 0 fully saturated rings. The molecule has 0 atom stereocenters. The van der Waals surface area contributed by atoms with E-state index >= 15 is 0 Å². The number of nitrogens with one attached hydrogen (secondary N) is 1. The minimum atomic E-state index is -3.62. The van der Waals surface area contributed by atoms with Crippen molar-refractivity contribution >= 4 is 10.0 Å². The van der Waals surface area contributed by atoms with Gasteiger partial charge in [-0.2, -0.15) is 0 Å². The Balaban J connectivity index is 2.22. The molecule has 0 unspecified atom stereocenters. The third-order valence-electron chi connectivity index (χ3n) is 2.89. The van der Waals surface area contributed by atoms with Gasteiger partial charge in [0, 0.05) is 6.20 Å². The molecular formula is C14H16N2O3S. The first-order valence-electron chi connectivity index (χ1n) is 6.13. The van der Waals surface area contributed by atoms with Crippen molar-refractivity contribution < 1.29 is 13.5 Å². The van der Waals surface area contributed by atoms with E-state index in [0.29, 0.717) is 16.8 Å². The van der Waals surface area contributed by atoms with Gasteiger partial charge in [-0.15, -0.1) is 0 Å². The Kier molecular flexibility index (Phi) is 4.49. The molecule has 0 spiro atoms. The second-order valence-corrected chi connectivity index (χ2v) is 6.14. The summed E-state index contributed by atoms with van der Waals surface area (Å²) in [5.41, 5.74) is 1.84. The van der Waals surface area contributed by atoms with Crippen LogP contribution in [0.2, 0.25) is 0 Å². The molecule has 5 nitrogen and oxygen atoms in total. The van der Waals surface area contributed by atoms with Crippen LogP contribution in [0, 0.1) is 6.92 Å². The molecular weight excluding hydrogens is 276 g/mol. The van der Waals surface area contributed by atoms with Gasteiger partial charge in [0.25, 0.3) is 0 Å². The standard InChI is InChI=1S/C14H16N2O3S/c1-11-5-6-12(10-17)8-14(11)20(18,19)16-9-13-4-2-3-7-15-13/h2-8,16-17H,9-10H2,1H3. The number of pyridine rings is 1. The summed E-state index contributed by atoms with van der Waals surface area (Å²) < 4.78 is 27.1. The lowest BCUT2D eigenvalue weighted by atomic mass is 10.2. The zero-order valence-electron chi connectivity index (χ0n) is 11.1. The van der Waals surface area contributed by atoms with Gasteiger partial charge in [-0.25, -0.2) is 13.1 Å². The van der Waals surface area contributed by atoms with Crippen molar-refractivity contribution in [1.29, 1.82) is 0 Å². The van der Waals surface area contributed by atoms with Crippen molar-refractivity contribution in [2.45, 2.75) is 25.0 Å². The van der Waals surface area contributed by atoms with Crippen LogP contribution < -0.4 is 4.72 Å². The zero-order valence-corrected chi connectivity index (χ0v) is 11.9. The molecule has 0 aliphatic heterocycles. The van der Waals surface area contributed by atoms with Crippen molar-refractivity contribution in [1.82, 2.24) is 9.71 Å². The maximum absolute atomic E-state index is 12.3. The van der Waals surface area contributed by atoms with E-state index in [1.54, 1.807) is 43.5 Å². The molecule has 0 radical (unpaired) electrons. The number of nitrogens with zero attached hydrogens (tertiary/aromatic N) is 1. The van der Waals surface area contributed by atoms with Gasteiger partial charge in [0.2, 0.25) is 10.0 Å². The Morgan fingerprint density at radius 1 is 1.25 bits per heavy atom. The van der Waals surface area contributed by atoms with Crippen LogP contribution in [-0.2, 0) is 23.2 Å². The maximum Gasteiger partial charge on any atom is 0.241 e. The SMILES string of the molecule is Cc1ccc(CO)cc1S(=O)(=O)NCc1ccccn1. The molecule has 0 bridgehead atoms. The second-order valence-electron chi connectivity index (χ2n) is 4.40. The number of hydrogen-bond acceptors (Lipinski definition) is 4. The number of benzene rings is 1.